The quantitative estimate of drug-likeness (QED) is 0.819. The fourth-order valence-electron chi connectivity index (χ4n) is 4.84. The smallest absolute Gasteiger partial charge is 0.315 e. The molecule has 0 saturated heterocycles. The van der Waals surface area contributed by atoms with E-state index < -0.39 is 0 Å². The van der Waals surface area contributed by atoms with Crippen LogP contribution in [-0.4, -0.2) is 18.1 Å². The van der Waals surface area contributed by atoms with Gasteiger partial charge in [-0.1, -0.05) is 0 Å². The SMILES string of the molecule is CC(C#N)CNC(=O)NC12CC3CC(CC(C3)C1)C2. The molecule has 104 valence electrons. The van der Waals surface area contributed by atoms with E-state index >= 15 is 0 Å². The molecular weight excluding hydrogens is 238 g/mol. The van der Waals surface area contributed by atoms with E-state index in [-0.39, 0.29) is 17.5 Å². The van der Waals surface area contributed by atoms with Crippen molar-refractivity contribution in [2.45, 2.75) is 51.0 Å². The van der Waals surface area contributed by atoms with Crippen LogP contribution in [0.1, 0.15) is 45.4 Å². The van der Waals surface area contributed by atoms with Crippen LogP contribution in [0.25, 0.3) is 0 Å². The third-order valence-electron chi connectivity index (χ3n) is 5.21. The van der Waals surface area contributed by atoms with Crippen LogP contribution in [0.5, 0.6) is 0 Å². The van der Waals surface area contributed by atoms with Crippen LogP contribution < -0.4 is 10.6 Å². The Labute approximate surface area is 114 Å². The number of amides is 2. The maximum absolute atomic E-state index is 12.0. The van der Waals surface area contributed by atoms with E-state index in [1.807, 2.05) is 6.92 Å². The minimum absolute atomic E-state index is 0.0642. The predicted octanol–water partition coefficient (Wildman–Crippen LogP) is 2.41. The number of carbonyl (C=O) groups is 1. The van der Waals surface area contributed by atoms with E-state index in [9.17, 15) is 4.79 Å². The molecule has 4 aliphatic carbocycles. The van der Waals surface area contributed by atoms with Crippen molar-refractivity contribution in [1.29, 1.82) is 5.26 Å². The second-order valence-electron chi connectivity index (χ2n) is 7.06. The lowest BCUT2D eigenvalue weighted by Crippen LogP contribution is -2.61. The summed E-state index contributed by atoms with van der Waals surface area (Å²) in [5, 5.41) is 14.8. The van der Waals surface area contributed by atoms with E-state index in [2.05, 4.69) is 16.7 Å². The van der Waals surface area contributed by atoms with E-state index in [1.165, 1.54) is 38.5 Å². The van der Waals surface area contributed by atoms with Gasteiger partial charge in [-0.2, -0.15) is 5.26 Å². The standard InChI is InChI=1S/C15H23N3O/c1-10(8-16)9-17-14(19)18-15-5-11-2-12(6-15)4-13(3-11)7-15/h10-13H,2-7,9H2,1H3,(H2,17,18,19). The molecule has 0 aliphatic heterocycles. The summed E-state index contributed by atoms with van der Waals surface area (Å²) in [5.41, 5.74) is 0.0642. The first-order chi connectivity index (χ1) is 9.08. The highest BCUT2D eigenvalue weighted by Crippen LogP contribution is 2.55. The minimum atomic E-state index is -0.123. The van der Waals surface area contributed by atoms with Crippen molar-refractivity contribution in [3.05, 3.63) is 0 Å². The van der Waals surface area contributed by atoms with Gasteiger partial charge in [0.25, 0.3) is 0 Å². The maximum Gasteiger partial charge on any atom is 0.315 e. The Morgan fingerprint density at radius 3 is 2.26 bits per heavy atom. The van der Waals surface area contributed by atoms with Crippen LogP contribution in [0.2, 0.25) is 0 Å². The molecule has 4 bridgehead atoms. The van der Waals surface area contributed by atoms with Gasteiger partial charge in [0.05, 0.1) is 12.0 Å². The van der Waals surface area contributed by atoms with Gasteiger partial charge in [-0.25, -0.2) is 4.79 Å². The molecule has 1 unspecified atom stereocenters. The molecule has 0 aromatic rings. The van der Waals surface area contributed by atoms with Crippen LogP contribution in [-0.2, 0) is 0 Å². The zero-order valence-corrected chi connectivity index (χ0v) is 11.6. The summed E-state index contributed by atoms with van der Waals surface area (Å²) in [6, 6.07) is 2.06. The summed E-state index contributed by atoms with van der Waals surface area (Å²) in [5.74, 6) is 2.39. The van der Waals surface area contributed by atoms with Crippen LogP contribution in [0.15, 0.2) is 0 Å². The number of nitrogens with zero attached hydrogens (tertiary/aromatic N) is 1. The molecule has 0 aromatic heterocycles. The number of nitrogens with one attached hydrogen (secondary N) is 2. The Balaban J connectivity index is 1.57. The molecule has 0 aromatic carbocycles. The Kier molecular flexibility index (Phi) is 3.16. The second-order valence-corrected chi connectivity index (χ2v) is 7.06. The highest BCUT2D eigenvalue weighted by molar-refractivity contribution is 5.75. The normalized spacial score (nSPS) is 40.5. The fourth-order valence-corrected chi connectivity index (χ4v) is 4.84. The van der Waals surface area contributed by atoms with Crippen LogP contribution >= 0.6 is 0 Å². The molecule has 4 heteroatoms. The molecule has 4 aliphatic rings. The molecule has 4 nitrogen and oxygen atoms in total. The first kappa shape index (κ1) is 12.8. The van der Waals surface area contributed by atoms with Crippen molar-refractivity contribution in [3.63, 3.8) is 0 Å². The summed E-state index contributed by atoms with van der Waals surface area (Å²) in [4.78, 5) is 12.0. The lowest BCUT2D eigenvalue weighted by Gasteiger charge is -2.56. The number of nitriles is 1. The summed E-state index contributed by atoms with van der Waals surface area (Å²) in [7, 11) is 0. The predicted molar refractivity (Wildman–Crippen MR) is 72.2 cm³/mol. The topological polar surface area (TPSA) is 64.9 Å². The molecule has 0 heterocycles. The monoisotopic (exact) mass is 261 g/mol. The van der Waals surface area contributed by atoms with Crippen molar-refractivity contribution in [2.24, 2.45) is 23.7 Å². The molecule has 2 amide bonds. The molecule has 4 fully saturated rings. The number of rotatable bonds is 3. The lowest BCUT2D eigenvalue weighted by molar-refractivity contribution is -0.0135. The molecule has 0 spiro atoms. The van der Waals surface area contributed by atoms with Gasteiger partial charge < -0.3 is 10.6 Å². The van der Waals surface area contributed by atoms with Crippen molar-refractivity contribution in [2.75, 3.05) is 6.54 Å². The van der Waals surface area contributed by atoms with Gasteiger partial charge in [0, 0.05) is 12.1 Å². The van der Waals surface area contributed by atoms with Gasteiger partial charge in [0.15, 0.2) is 0 Å². The molecule has 1 atom stereocenters. The van der Waals surface area contributed by atoms with E-state index in [0.29, 0.717) is 6.54 Å². The van der Waals surface area contributed by atoms with Crippen LogP contribution in [0.4, 0.5) is 4.79 Å². The second kappa shape index (κ2) is 4.70. The van der Waals surface area contributed by atoms with Gasteiger partial charge in [-0.3, -0.25) is 0 Å². The number of carbonyl (C=O) groups excluding carboxylic acids is 1. The highest BCUT2D eigenvalue weighted by atomic mass is 16.2. The highest BCUT2D eigenvalue weighted by Gasteiger charge is 2.51. The van der Waals surface area contributed by atoms with Crippen molar-refractivity contribution < 1.29 is 4.79 Å². The zero-order chi connectivity index (χ0) is 13.5. The lowest BCUT2D eigenvalue weighted by atomic mass is 9.53. The number of hydrogen-bond acceptors (Lipinski definition) is 2. The molecule has 4 rings (SSSR count). The first-order valence-corrected chi connectivity index (χ1v) is 7.54. The first-order valence-electron chi connectivity index (χ1n) is 7.54. The summed E-state index contributed by atoms with van der Waals surface area (Å²) in [6.45, 7) is 2.26. The van der Waals surface area contributed by atoms with Crippen LogP contribution in [0.3, 0.4) is 0 Å². The van der Waals surface area contributed by atoms with Gasteiger partial charge in [0.1, 0.15) is 0 Å². The van der Waals surface area contributed by atoms with Gasteiger partial charge in [-0.05, 0) is 63.2 Å². The van der Waals surface area contributed by atoms with Crippen molar-refractivity contribution >= 4 is 6.03 Å². The summed E-state index contributed by atoms with van der Waals surface area (Å²) >= 11 is 0. The average Bonchev–Trinajstić information content (AvgIpc) is 2.33. The van der Waals surface area contributed by atoms with Gasteiger partial charge in [-0.15, -0.1) is 0 Å². The van der Waals surface area contributed by atoms with Gasteiger partial charge in [0.2, 0.25) is 0 Å². The third kappa shape index (κ3) is 2.56. The average molecular weight is 261 g/mol. The van der Waals surface area contributed by atoms with E-state index in [4.69, 9.17) is 5.26 Å². The van der Waals surface area contributed by atoms with E-state index in [0.717, 1.165) is 17.8 Å². The maximum atomic E-state index is 12.0. The molecule has 19 heavy (non-hydrogen) atoms. The van der Waals surface area contributed by atoms with Crippen molar-refractivity contribution in [1.82, 2.24) is 10.6 Å². The van der Waals surface area contributed by atoms with Crippen LogP contribution in [0, 0.1) is 35.0 Å². The largest absolute Gasteiger partial charge is 0.337 e. The Bertz CT molecular complexity index is 377. The summed E-state index contributed by atoms with van der Waals surface area (Å²) < 4.78 is 0. The molecular formula is C15H23N3O. The molecule has 2 N–H and O–H groups in total. The third-order valence-corrected chi connectivity index (χ3v) is 5.21. The Hall–Kier alpha value is -1.24. The Morgan fingerprint density at radius 2 is 1.79 bits per heavy atom. The fraction of sp³-hybridized carbons (Fsp3) is 0.867. The summed E-state index contributed by atoms with van der Waals surface area (Å²) in [6.07, 6.45) is 7.65. The number of urea groups is 1. The number of hydrogen-bond donors (Lipinski definition) is 2. The van der Waals surface area contributed by atoms with E-state index in [1.54, 1.807) is 0 Å². The molecule has 0 radical (unpaired) electrons. The Morgan fingerprint density at radius 1 is 1.26 bits per heavy atom. The van der Waals surface area contributed by atoms with Crippen molar-refractivity contribution in [3.8, 4) is 6.07 Å². The van der Waals surface area contributed by atoms with Gasteiger partial charge >= 0.3 is 6.03 Å². The minimum Gasteiger partial charge on any atom is -0.337 e. The molecule has 4 saturated carbocycles. The zero-order valence-electron chi connectivity index (χ0n) is 11.6.